The van der Waals surface area contributed by atoms with Gasteiger partial charge < -0.3 is 4.90 Å². The lowest BCUT2D eigenvalue weighted by Gasteiger charge is -2.30. The van der Waals surface area contributed by atoms with Crippen LogP contribution in [0.2, 0.25) is 0 Å². The first-order chi connectivity index (χ1) is 11.3. The van der Waals surface area contributed by atoms with Crippen LogP contribution in [0.5, 0.6) is 0 Å². The van der Waals surface area contributed by atoms with Gasteiger partial charge >= 0.3 is 0 Å². The predicted octanol–water partition coefficient (Wildman–Crippen LogP) is -0.864. The molecule has 1 N–H and O–H groups in total. The number of anilines is 1. The second-order valence-corrected chi connectivity index (χ2v) is 10.4. The highest BCUT2D eigenvalue weighted by molar-refractivity contribution is 7.92. The van der Waals surface area contributed by atoms with Crippen molar-refractivity contribution in [3.63, 3.8) is 0 Å². The normalized spacial score (nSPS) is 23.3. The zero-order chi connectivity index (χ0) is 17.4. The van der Waals surface area contributed by atoms with Crippen molar-refractivity contribution in [3.05, 3.63) is 24.3 Å². The highest BCUT2D eigenvalue weighted by atomic mass is 32.2. The second kappa shape index (κ2) is 6.62. The maximum absolute atomic E-state index is 12.7. The van der Waals surface area contributed by atoms with Gasteiger partial charge in [-0.15, -0.1) is 0 Å². The zero-order valence-corrected chi connectivity index (χ0v) is 15.4. The fourth-order valence-corrected chi connectivity index (χ4v) is 6.20. The second-order valence-electron chi connectivity index (χ2n) is 6.45. The minimum atomic E-state index is -3.51. The summed E-state index contributed by atoms with van der Waals surface area (Å²) in [5, 5.41) is 0. The lowest BCUT2D eigenvalue weighted by atomic mass is 10.3. The molecule has 0 aromatic heterocycles. The molecule has 1 aromatic rings. The minimum absolute atomic E-state index is 0.149. The fraction of sp³-hybridized carbons (Fsp3) is 0.600. The maximum Gasteiger partial charge on any atom is 0.243 e. The average Bonchev–Trinajstić information content (AvgIpc) is 2.55. The van der Waals surface area contributed by atoms with E-state index in [2.05, 4.69) is 7.05 Å². The molecule has 0 bridgehead atoms. The van der Waals surface area contributed by atoms with Crippen molar-refractivity contribution < 1.29 is 21.7 Å². The number of sulfonamides is 2. The summed E-state index contributed by atoms with van der Waals surface area (Å²) in [5.74, 6) is 0.149. The smallest absolute Gasteiger partial charge is 0.243 e. The van der Waals surface area contributed by atoms with E-state index in [1.165, 1.54) is 25.6 Å². The van der Waals surface area contributed by atoms with E-state index in [0.717, 1.165) is 19.5 Å². The summed E-state index contributed by atoms with van der Waals surface area (Å²) in [6.07, 6.45) is 1.50. The molecule has 2 saturated heterocycles. The largest absolute Gasteiger partial charge is 0.335 e. The fourth-order valence-electron chi connectivity index (χ4n) is 3.12. The third kappa shape index (κ3) is 3.44. The predicted molar refractivity (Wildman–Crippen MR) is 92.2 cm³/mol. The lowest BCUT2D eigenvalue weighted by Crippen LogP contribution is -3.12. The van der Waals surface area contributed by atoms with Crippen LogP contribution < -0.4 is 9.21 Å². The van der Waals surface area contributed by atoms with Gasteiger partial charge in [0.2, 0.25) is 20.0 Å². The molecule has 2 aliphatic heterocycles. The molecule has 2 heterocycles. The highest BCUT2D eigenvalue weighted by Gasteiger charge is 2.30. The summed E-state index contributed by atoms with van der Waals surface area (Å²) in [5.41, 5.74) is 0.538. The van der Waals surface area contributed by atoms with Gasteiger partial charge in [-0.25, -0.2) is 16.8 Å². The van der Waals surface area contributed by atoms with Crippen LogP contribution in [0, 0.1) is 0 Å². The van der Waals surface area contributed by atoms with E-state index in [4.69, 9.17) is 0 Å². The van der Waals surface area contributed by atoms with Gasteiger partial charge in [0.15, 0.2) is 0 Å². The third-order valence-corrected chi connectivity index (χ3v) is 8.47. The Bertz CT molecular complexity index is 783. The van der Waals surface area contributed by atoms with Gasteiger partial charge in [-0.05, 0) is 37.1 Å². The van der Waals surface area contributed by atoms with Crippen LogP contribution >= 0.6 is 0 Å². The number of hydrogen-bond donors (Lipinski definition) is 1. The molecule has 3 rings (SSSR count). The molecule has 134 valence electrons. The molecular formula is C15H24N3O4S2+. The molecule has 0 amide bonds. The van der Waals surface area contributed by atoms with E-state index < -0.39 is 20.0 Å². The van der Waals surface area contributed by atoms with Gasteiger partial charge in [0.25, 0.3) is 0 Å². The molecule has 2 aliphatic rings. The van der Waals surface area contributed by atoms with E-state index >= 15 is 0 Å². The molecular weight excluding hydrogens is 350 g/mol. The molecule has 0 saturated carbocycles. The highest BCUT2D eigenvalue weighted by Crippen LogP contribution is 2.25. The van der Waals surface area contributed by atoms with Crippen LogP contribution in [0.15, 0.2) is 29.2 Å². The molecule has 0 atom stereocenters. The van der Waals surface area contributed by atoms with E-state index in [9.17, 15) is 16.8 Å². The molecule has 2 fully saturated rings. The van der Waals surface area contributed by atoms with E-state index in [0.29, 0.717) is 31.7 Å². The molecule has 1 aromatic carbocycles. The van der Waals surface area contributed by atoms with Crippen molar-refractivity contribution >= 4 is 25.7 Å². The monoisotopic (exact) mass is 374 g/mol. The molecule has 0 spiro atoms. The number of nitrogens with zero attached hydrogens (tertiary/aromatic N) is 2. The van der Waals surface area contributed by atoms with Gasteiger partial charge in [-0.3, -0.25) is 4.31 Å². The van der Waals surface area contributed by atoms with Gasteiger partial charge in [-0.2, -0.15) is 4.31 Å². The van der Waals surface area contributed by atoms with Crippen LogP contribution in [-0.4, -0.2) is 66.7 Å². The third-order valence-electron chi connectivity index (χ3n) is 4.69. The number of quaternary nitrogens is 1. The molecule has 9 heteroatoms. The summed E-state index contributed by atoms with van der Waals surface area (Å²) < 4.78 is 52.6. The molecule has 7 nitrogen and oxygen atoms in total. The van der Waals surface area contributed by atoms with Crippen LogP contribution in [0.25, 0.3) is 0 Å². The number of likely N-dealkylation sites (N-methyl/N-ethyl adjacent to an activating group) is 1. The van der Waals surface area contributed by atoms with Gasteiger partial charge in [0.1, 0.15) is 0 Å². The van der Waals surface area contributed by atoms with Gasteiger partial charge in [0.05, 0.1) is 49.6 Å². The molecule has 0 unspecified atom stereocenters. The molecule has 24 heavy (non-hydrogen) atoms. The Hall–Kier alpha value is -1.16. The Morgan fingerprint density at radius 3 is 2.21 bits per heavy atom. The Morgan fingerprint density at radius 2 is 1.62 bits per heavy atom. The van der Waals surface area contributed by atoms with Crippen molar-refractivity contribution in [1.29, 1.82) is 0 Å². The number of nitrogens with one attached hydrogen (secondary N) is 1. The van der Waals surface area contributed by atoms with E-state index in [-0.39, 0.29) is 10.6 Å². The van der Waals surface area contributed by atoms with Crippen molar-refractivity contribution in [1.82, 2.24) is 4.31 Å². The summed E-state index contributed by atoms with van der Waals surface area (Å²) in [7, 11) is -4.74. The lowest BCUT2D eigenvalue weighted by molar-refractivity contribution is -0.883. The zero-order valence-electron chi connectivity index (χ0n) is 13.8. The number of piperazine rings is 1. The minimum Gasteiger partial charge on any atom is -0.335 e. The van der Waals surface area contributed by atoms with Gasteiger partial charge in [0, 0.05) is 6.54 Å². The maximum atomic E-state index is 12.7. The van der Waals surface area contributed by atoms with Crippen LogP contribution in [0.1, 0.15) is 12.8 Å². The van der Waals surface area contributed by atoms with Crippen LogP contribution in [0.3, 0.4) is 0 Å². The Morgan fingerprint density at radius 1 is 1.00 bits per heavy atom. The summed E-state index contributed by atoms with van der Waals surface area (Å²) >= 11 is 0. The summed E-state index contributed by atoms with van der Waals surface area (Å²) in [6, 6.07) is 6.22. The van der Waals surface area contributed by atoms with Crippen LogP contribution in [0.4, 0.5) is 5.69 Å². The molecule has 0 aliphatic carbocycles. The Balaban J connectivity index is 1.81. The van der Waals surface area contributed by atoms with E-state index in [1.54, 1.807) is 12.1 Å². The molecule has 0 radical (unpaired) electrons. The first-order valence-corrected chi connectivity index (χ1v) is 11.3. The Labute approximate surface area is 144 Å². The summed E-state index contributed by atoms with van der Waals surface area (Å²) in [4.78, 5) is 1.55. The van der Waals surface area contributed by atoms with Gasteiger partial charge in [-0.1, -0.05) is 0 Å². The quantitative estimate of drug-likeness (QED) is 0.746. The number of rotatable bonds is 3. The van der Waals surface area contributed by atoms with Crippen molar-refractivity contribution in [2.45, 2.75) is 17.7 Å². The SMILES string of the molecule is C[NH+]1CCN(S(=O)(=O)c2ccc(N3CCCCS3(=O)=O)cc2)CC1. The van der Waals surface area contributed by atoms with Crippen molar-refractivity contribution in [2.24, 2.45) is 0 Å². The first kappa shape index (κ1) is 17.7. The standard InChI is InChI=1S/C15H23N3O4S2/c1-16-9-11-17(12-10-16)24(21,22)15-6-4-14(5-7-15)18-8-2-3-13-23(18,19)20/h4-7H,2-3,8-13H2,1H3/p+1. The van der Waals surface area contributed by atoms with Crippen molar-refractivity contribution in [2.75, 3.05) is 49.8 Å². The first-order valence-electron chi connectivity index (χ1n) is 8.23. The number of benzene rings is 1. The summed E-state index contributed by atoms with van der Waals surface area (Å²) in [6.45, 7) is 3.06. The number of hydrogen-bond acceptors (Lipinski definition) is 4. The van der Waals surface area contributed by atoms with Crippen molar-refractivity contribution in [3.8, 4) is 0 Å². The average molecular weight is 375 g/mol. The Kier molecular flexibility index (Phi) is 4.87. The van der Waals surface area contributed by atoms with E-state index in [1.807, 2.05) is 0 Å². The van der Waals surface area contributed by atoms with Crippen LogP contribution in [-0.2, 0) is 20.0 Å². The topological polar surface area (TPSA) is 79.2 Å².